The Labute approximate surface area is 147 Å². The van der Waals surface area contributed by atoms with Crippen molar-refractivity contribution in [2.24, 2.45) is 5.92 Å². The van der Waals surface area contributed by atoms with E-state index in [0.717, 1.165) is 43.5 Å². The van der Waals surface area contributed by atoms with Crippen molar-refractivity contribution in [3.63, 3.8) is 0 Å². The maximum absolute atomic E-state index is 6.30. The van der Waals surface area contributed by atoms with Crippen molar-refractivity contribution >= 4 is 11.3 Å². The van der Waals surface area contributed by atoms with Gasteiger partial charge < -0.3 is 4.74 Å². The third-order valence-electron chi connectivity index (χ3n) is 5.04. The molecule has 2 aromatic heterocycles. The predicted octanol–water partition coefficient (Wildman–Crippen LogP) is 3.46. The molecule has 0 unspecified atom stereocenters. The van der Waals surface area contributed by atoms with E-state index in [9.17, 15) is 0 Å². The molecule has 0 radical (unpaired) electrons. The summed E-state index contributed by atoms with van der Waals surface area (Å²) < 4.78 is 6.30. The fourth-order valence-corrected chi connectivity index (χ4v) is 4.13. The number of pyridine rings is 1. The molecule has 2 fully saturated rings. The summed E-state index contributed by atoms with van der Waals surface area (Å²) in [4.78, 5) is 11.5. The zero-order valence-corrected chi connectivity index (χ0v) is 15.0. The number of likely N-dealkylation sites (tertiary alicyclic amines) is 1. The standard InChI is InChI=1S/C19H25N3OS/c1-14-21-17(13-24-14)11-22-8-6-19(23-12-15-4-5-15)18(22)9-16-3-2-7-20-10-16/h2-3,7,10,13,15,18-19H,4-6,8-9,11-12H2,1H3/t18-,19-/m0/s1. The van der Waals surface area contributed by atoms with Crippen molar-refractivity contribution in [3.8, 4) is 0 Å². The zero-order valence-electron chi connectivity index (χ0n) is 14.2. The molecular weight excluding hydrogens is 318 g/mol. The van der Waals surface area contributed by atoms with Gasteiger partial charge in [-0.2, -0.15) is 0 Å². The maximum atomic E-state index is 6.30. The normalized spacial score (nSPS) is 24.5. The molecule has 1 aliphatic carbocycles. The molecule has 5 heteroatoms. The van der Waals surface area contributed by atoms with Crippen LogP contribution >= 0.6 is 11.3 Å². The molecule has 3 heterocycles. The van der Waals surface area contributed by atoms with Crippen molar-refractivity contribution < 1.29 is 4.74 Å². The lowest BCUT2D eigenvalue weighted by Gasteiger charge is -2.28. The van der Waals surface area contributed by atoms with Crippen LogP contribution in [-0.4, -0.2) is 40.2 Å². The van der Waals surface area contributed by atoms with Gasteiger partial charge in [0, 0.05) is 43.5 Å². The fraction of sp³-hybridized carbons (Fsp3) is 0.579. The highest BCUT2D eigenvalue weighted by atomic mass is 32.1. The highest BCUT2D eigenvalue weighted by Crippen LogP contribution is 2.32. The van der Waals surface area contributed by atoms with Crippen molar-refractivity contribution in [2.75, 3.05) is 13.2 Å². The van der Waals surface area contributed by atoms with Crippen molar-refractivity contribution in [1.29, 1.82) is 0 Å². The molecule has 1 saturated carbocycles. The Balaban J connectivity index is 1.46. The summed E-state index contributed by atoms with van der Waals surface area (Å²) in [5, 5.41) is 3.34. The number of thiazole rings is 1. The second kappa shape index (κ2) is 7.30. The van der Waals surface area contributed by atoms with E-state index in [-0.39, 0.29) is 0 Å². The highest BCUT2D eigenvalue weighted by molar-refractivity contribution is 7.09. The van der Waals surface area contributed by atoms with Crippen molar-refractivity contribution in [2.45, 2.75) is 51.3 Å². The first-order valence-electron chi connectivity index (χ1n) is 8.93. The molecule has 2 aliphatic rings. The van der Waals surface area contributed by atoms with Gasteiger partial charge in [-0.15, -0.1) is 11.3 Å². The van der Waals surface area contributed by atoms with Crippen LogP contribution in [0.1, 0.15) is 35.5 Å². The Kier molecular flexibility index (Phi) is 4.92. The lowest BCUT2D eigenvalue weighted by atomic mass is 10.0. The Bertz CT molecular complexity index is 656. The van der Waals surface area contributed by atoms with Gasteiger partial charge in [0.2, 0.25) is 0 Å². The molecule has 1 aliphatic heterocycles. The lowest BCUT2D eigenvalue weighted by Crippen LogP contribution is -2.38. The van der Waals surface area contributed by atoms with Crippen LogP contribution in [0.5, 0.6) is 0 Å². The van der Waals surface area contributed by atoms with Crippen LogP contribution in [0.4, 0.5) is 0 Å². The number of hydrogen-bond acceptors (Lipinski definition) is 5. The molecule has 24 heavy (non-hydrogen) atoms. The Morgan fingerprint density at radius 2 is 2.25 bits per heavy atom. The second-order valence-corrected chi connectivity index (χ2v) is 8.13. The summed E-state index contributed by atoms with van der Waals surface area (Å²) in [6.07, 6.45) is 9.00. The van der Waals surface area contributed by atoms with Crippen LogP contribution in [0.25, 0.3) is 0 Å². The number of aryl methyl sites for hydroxylation is 1. The van der Waals surface area contributed by atoms with Crippen molar-refractivity contribution in [3.05, 3.63) is 46.2 Å². The molecule has 0 amide bonds. The third kappa shape index (κ3) is 4.02. The van der Waals surface area contributed by atoms with E-state index < -0.39 is 0 Å². The van der Waals surface area contributed by atoms with Crippen LogP contribution in [0.3, 0.4) is 0 Å². The molecule has 128 valence electrons. The first-order valence-corrected chi connectivity index (χ1v) is 9.81. The average molecular weight is 343 g/mol. The average Bonchev–Trinajstić information content (AvgIpc) is 3.23. The molecule has 0 spiro atoms. The zero-order chi connectivity index (χ0) is 16.4. The van der Waals surface area contributed by atoms with Crippen LogP contribution in [-0.2, 0) is 17.7 Å². The van der Waals surface area contributed by atoms with E-state index in [1.165, 1.54) is 24.1 Å². The maximum Gasteiger partial charge on any atom is 0.0897 e. The minimum absolute atomic E-state index is 0.338. The molecule has 1 saturated heterocycles. The summed E-state index contributed by atoms with van der Waals surface area (Å²) in [5.41, 5.74) is 2.49. The van der Waals surface area contributed by atoms with Gasteiger partial charge in [-0.25, -0.2) is 4.98 Å². The van der Waals surface area contributed by atoms with Crippen molar-refractivity contribution in [1.82, 2.24) is 14.9 Å². The Morgan fingerprint density at radius 3 is 2.96 bits per heavy atom. The van der Waals surface area contributed by atoms with Gasteiger partial charge in [0.25, 0.3) is 0 Å². The first kappa shape index (κ1) is 16.2. The summed E-state index contributed by atoms with van der Waals surface area (Å²) in [6, 6.07) is 4.63. The number of rotatable bonds is 7. The smallest absolute Gasteiger partial charge is 0.0897 e. The van der Waals surface area contributed by atoms with E-state index in [1.807, 2.05) is 18.5 Å². The molecule has 0 bridgehead atoms. The molecule has 0 aromatic carbocycles. The molecule has 4 rings (SSSR count). The molecule has 0 N–H and O–H groups in total. The monoisotopic (exact) mass is 343 g/mol. The predicted molar refractivity (Wildman–Crippen MR) is 96.1 cm³/mol. The van der Waals surface area contributed by atoms with Gasteiger partial charge in [-0.1, -0.05) is 6.07 Å². The van der Waals surface area contributed by atoms with Gasteiger partial charge in [-0.3, -0.25) is 9.88 Å². The second-order valence-electron chi connectivity index (χ2n) is 7.06. The van der Waals surface area contributed by atoms with Crippen LogP contribution in [0, 0.1) is 12.8 Å². The molecular formula is C19H25N3OS. The first-order chi connectivity index (χ1) is 11.8. The van der Waals surface area contributed by atoms with E-state index in [2.05, 4.69) is 33.2 Å². The quantitative estimate of drug-likeness (QED) is 0.772. The largest absolute Gasteiger partial charge is 0.376 e. The topological polar surface area (TPSA) is 38.2 Å². The summed E-state index contributed by atoms with van der Waals surface area (Å²) in [7, 11) is 0. The SMILES string of the molecule is Cc1nc(CN2CC[C@H](OCC3CC3)[C@@H]2Cc2cccnc2)cs1. The third-order valence-corrected chi connectivity index (χ3v) is 5.86. The van der Waals surface area contributed by atoms with Gasteiger partial charge in [-0.05, 0) is 50.2 Å². The number of aromatic nitrogens is 2. The van der Waals surface area contributed by atoms with Crippen LogP contribution < -0.4 is 0 Å². The summed E-state index contributed by atoms with van der Waals surface area (Å²) in [6.45, 7) is 5.04. The Hall–Kier alpha value is -1.30. The number of hydrogen-bond donors (Lipinski definition) is 0. The summed E-state index contributed by atoms with van der Waals surface area (Å²) in [5.74, 6) is 0.819. The minimum atomic E-state index is 0.338. The van der Waals surface area contributed by atoms with E-state index >= 15 is 0 Å². The van der Waals surface area contributed by atoms with E-state index in [4.69, 9.17) is 4.74 Å². The Morgan fingerprint density at radius 1 is 1.33 bits per heavy atom. The fourth-order valence-electron chi connectivity index (χ4n) is 3.53. The highest BCUT2D eigenvalue weighted by Gasteiger charge is 2.36. The molecule has 4 nitrogen and oxygen atoms in total. The van der Waals surface area contributed by atoms with E-state index in [0.29, 0.717) is 12.1 Å². The minimum Gasteiger partial charge on any atom is -0.376 e. The van der Waals surface area contributed by atoms with Crippen LogP contribution in [0.15, 0.2) is 29.9 Å². The van der Waals surface area contributed by atoms with Gasteiger partial charge >= 0.3 is 0 Å². The molecule has 2 aromatic rings. The lowest BCUT2D eigenvalue weighted by molar-refractivity contribution is 0.0195. The van der Waals surface area contributed by atoms with Gasteiger partial charge in [0.15, 0.2) is 0 Å². The van der Waals surface area contributed by atoms with Gasteiger partial charge in [0.05, 0.1) is 16.8 Å². The van der Waals surface area contributed by atoms with E-state index in [1.54, 1.807) is 11.3 Å². The van der Waals surface area contributed by atoms with Crippen LogP contribution in [0.2, 0.25) is 0 Å². The summed E-state index contributed by atoms with van der Waals surface area (Å²) >= 11 is 1.74. The van der Waals surface area contributed by atoms with Gasteiger partial charge in [0.1, 0.15) is 0 Å². The number of ether oxygens (including phenoxy) is 1. The number of nitrogens with zero attached hydrogens (tertiary/aromatic N) is 3. The molecule has 2 atom stereocenters.